The number of hydrogen-bond acceptors (Lipinski definition) is 1. The van der Waals surface area contributed by atoms with E-state index in [0.717, 1.165) is 6.42 Å². The predicted octanol–water partition coefficient (Wildman–Crippen LogP) is 4.28. The fourth-order valence-corrected chi connectivity index (χ4v) is 2.91. The highest BCUT2D eigenvalue weighted by molar-refractivity contribution is 5.91. The van der Waals surface area contributed by atoms with Gasteiger partial charge in [-0.15, -0.1) is 0 Å². The van der Waals surface area contributed by atoms with Crippen molar-refractivity contribution in [2.75, 3.05) is 0 Å². The van der Waals surface area contributed by atoms with E-state index in [4.69, 9.17) is 0 Å². The van der Waals surface area contributed by atoms with Crippen LogP contribution in [0.3, 0.4) is 0 Å². The summed E-state index contributed by atoms with van der Waals surface area (Å²) in [6, 6.07) is 10.6. The van der Waals surface area contributed by atoms with Crippen LogP contribution in [0.5, 0.6) is 0 Å². The van der Waals surface area contributed by atoms with Gasteiger partial charge < -0.3 is 0 Å². The standard InChI is InChI=1S/C17H22O/c1-3-4-8-15-13-16(18)11-12-17(15,2)14-9-6-5-7-10-14/h5-7,9-12,15H,3-4,8,13H2,1-2H3/t15-,17+/m1/s1. The van der Waals surface area contributed by atoms with Crippen molar-refractivity contribution >= 4 is 5.78 Å². The van der Waals surface area contributed by atoms with Crippen molar-refractivity contribution in [2.24, 2.45) is 5.92 Å². The van der Waals surface area contributed by atoms with Crippen LogP contribution in [0.25, 0.3) is 0 Å². The average Bonchev–Trinajstić information content (AvgIpc) is 2.41. The third-order valence-electron chi connectivity index (χ3n) is 4.21. The molecule has 1 aromatic rings. The molecule has 0 spiro atoms. The maximum atomic E-state index is 11.7. The third-order valence-corrected chi connectivity index (χ3v) is 4.21. The Morgan fingerprint density at radius 2 is 2.00 bits per heavy atom. The van der Waals surface area contributed by atoms with E-state index in [1.165, 1.54) is 18.4 Å². The van der Waals surface area contributed by atoms with Gasteiger partial charge in [0.25, 0.3) is 0 Å². The van der Waals surface area contributed by atoms with Crippen LogP contribution in [-0.2, 0) is 10.2 Å². The molecule has 0 bridgehead atoms. The van der Waals surface area contributed by atoms with Crippen molar-refractivity contribution in [3.63, 3.8) is 0 Å². The summed E-state index contributed by atoms with van der Waals surface area (Å²) in [5, 5.41) is 0. The van der Waals surface area contributed by atoms with E-state index in [1.807, 2.05) is 6.07 Å². The summed E-state index contributed by atoms with van der Waals surface area (Å²) in [5.41, 5.74) is 1.35. The van der Waals surface area contributed by atoms with Crippen molar-refractivity contribution in [2.45, 2.75) is 44.9 Å². The van der Waals surface area contributed by atoms with E-state index >= 15 is 0 Å². The Hall–Kier alpha value is -1.37. The summed E-state index contributed by atoms with van der Waals surface area (Å²) in [6.07, 6.45) is 8.12. The first-order chi connectivity index (χ1) is 8.66. The molecule has 1 heteroatoms. The van der Waals surface area contributed by atoms with Crippen molar-refractivity contribution in [1.82, 2.24) is 0 Å². The summed E-state index contributed by atoms with van der Waals surface area (Å²) in [4.78, 5) is 11.7. The van der Waals surface area contributed by atoms with Gasteiger partial charge in [-0.3, -0.25) is 4.79 Å². The number of hydrogen-bond donors (Lipinski definition) is 0. The molecule has 0 aliphatic heterocycles. The van der Waals surface area contributed by atoms with Crippen LogP contribution in [0, 0.1) is 5.92 Å². The van der Waals surface area contributed by atoms with Crippen molar-refractivity contribution in [3.05, 3.63) is 48.0 Å². The number of allylic oxidation sites excluding steroid dienone is 2. The number of carbonyl (C=O) groups excluding carboxylic acids is 1. The highest BCUT2D eigenvalue weighted by Crippen LogP contribution is 2.41. The van der Waals surface area contributed by atoms with E-state index in [2.05, 4.69) is 44.2 Å². The zero-order valence-electron chi connectivity index (χ0n) is 11.4. The maximum Gasteiger partial charge on any atom is 0.155 e. The minimum Gasteiger partial charge on any atom is -0.295 e. The smallest absolute Gasteiger partial charge is 0.155 e. The molecule has 0 fully saturated rings. The lowest BCUT2D eigenvalue weighted by Crippen LogP contribution is -2.34. The summed E-state index contributed by atoms with van der Waals surface area (Å²) < 4.78 is 0. The average molecular weight is 242 g/mol. The molecule has 1 aliphatic rings. The fraction of sp³-hybridized carbons (Fsp3) is 0.471. The molecule has 18 heavy (non-hydrogen) atoms. The molecule has 2 atom stereocenters. The predicted molar refractivity (Wildman–Crippen MR) is 75.6 cm³/mol. The minimum absolute atomic E-state index is 0.0182. The molecule has 2 rings (SSSR count). The van der Waals surface area contributed by atoms with Crippen LogP contribution in [0.2, 0.25) is 0 Å². The number of ketones is 1. The van der Waals surface area contributed by atoms with Crippen molar-refractivity contribution in [1.29, 1.82) is 0 Å². The van der Waals surface area contributed by atoms with Gasteiger partial charge in [0.15, 0.2) is 5.78 Å². The van der Waals surface area contributed by atoms with E-state index in [1.54, 1.807) is 6.08 Å². The summed E-state index contributed by atoms with van der Waals surface area (Å²) in [7, 11) is 0. The highest BCUT2D eigenvalue weighted by Gasteiger charge is 2.36. The second kappa shape index (κ2) is 5.51. The Labute approximate surface area is 110 Å². The topological polar surface area (TPSA) is 17.1 Å². The molecule has 0 aromatic heterocycles. The first-order valence-electron chi connectivity index (χ1n) is 6.94. The second-order valence-corrected chi connectivity index (χ2v) is 5.49. The molecule has 0 amide bonds. The van der Waals surface area contributed by atoms with Crippen LogP contribution in [0.4, 0.5) is 0 Å². The van der Waals surface area contributed by atoms with Crippen LogP contribution >= 0.6 is 0 Å². The van der Waals surface area contributed by atoms with E-state index in [9.17, 15) is 4.79 Å². The monoisotopic (exact) mass is 242 g/mol. The molecule has 0 radical (unpaired) electrons. The van der Waals surface area contributed by atoms with E-state index in [0.29, 0.717) is 12.3 Å². The zero-order valence-corrected chi connectivity index (χ0v) is 11.4. The van der Waals surface area contributed by atoms with Crippen LogP contribution in [0.15, 0.2) is 42.5 Å². The Bertz CT molecular complexity index is 432. The molecule has 0 saturated heterocycles. The molecule has 1 aromatic carbocycles. The van der Waals surface area contributed by atoms with E-state index < -0.39 is 0 Å². The quantitative estimate of drug-likeness (QED) is 0.770. The Kier molecular flexibility index (Phi) is 4.00. The normalized spacial score (nSPS) is 27.4. The van der Waals surface area contributed by atoms with Gasteiger partial charge >= 0.3 is 0 Å². The molecule has 1 aliphatic carbocycles. The largest absolute Gasteiger partial charge is 0.295 e. The Balaban J connectivity index is 2.31. The molecular formula is C17H22O. The lowest BCUT2D eigenvalue weighted by Gasteiger charge is -2.38. The van der Waals surface area contributed by atoms with Gasteiger partial charge in [-0.25, -0.2) is 0 Å². The minimum atomic E-state index is 0.0182. The highest BCUT2D eigenvalue weighted by atomic mass is 16.1. The second-order valence-electron chi connectivity index (χ2n) is 5.49. The first-order valence-corrected chi connectivity index (χ1v) is 6.94. The first kappa shape index (κ1) is 13.1. The third kappa shape index (κ3) is 2.55. The molecule has 0 heterocycles. The van der Waals surface area contributed by atoms with Gasteiger partial charge in [-0.1, -0.05) is 63.1 Å². The van der Waals surface area contributed by atoms with Gasteiger partial charge in [0.2, 0.25) is 0 Å². The van der Waals surface area contributed by atoms with Crippen LogP contribution in [-0.4, -0.2) is 5.78 Å². The fourth-order valence-electron chi connectivity index (χ4n) is 2.91. The molecular weight excluding hydrogens is 220 g/mol. The van der Waals surface area contributed by atoms with Crippen molar-refractivity contribution in [3.8, 4) is 0 Å². The van der Waals surface area contributed by atoms with Crippen LogP contribution < -0.4 is 0 Å². The number of benzene rings is 1. The molecule has 96 valence electrons. The molecule has 0 unspecified atom stereocenters. The summed E-state index contributed by atoms with van der Waals surface area (Å²) in [5.74, 6) is 0.724. The van der Waals surface area contributed by atoms with Crippen LogP contribution in [0.1, 0.15) is 45.1 Å². The number of rotatable bonds is 4. The molecule has 0 saturated carbocycles. The van der Waals surface area contributed by atoms with Gasteiger partial charge in [-0.05, 0) is 24.0 Å². The SMILES string of the molecule is CCCC[C@@H]1CC(=O)C=C[C@@]1(C)c1ccccc1. The van der Waals surface area contributed by atoms with E-state index in [-0.39, 0.29) is 11.2 Å². The summed E-state index contributed by atoms with van der Waals surface area (Å²) in [6.45, 7) is 4.48. The Morgan fingerprint density at radius 1 is 1.28 bits per heavy atom. The van der Waals surface area contributed by atoms with Gasteiger partial charge in [0.05, 0.1) is 0 Å². The summed E-state index contributed by atoms with van der Waals surface area (Å²) >= 11 is 0. The maximum absolute atomic E-state index is 11.7. The zero-order chi connectivity index (χ0) is 13.0. The van der Waals surface area contributed by atoms with Gasteiger partial charge in [-0.2, -0.15) is 0 Å². The van der Waals surface area contributed by atoms with Gasteiger partial charge in [0, 0.05) is 11.8 Å². The lowest BCUT2D eigenvalue weighted by molar-refractivity contribution is -0.116. The Morgan fingerprint density at radius 3 is 2.67 bits per heavy atom. The number of unbranched alkanes of at least 4 members (excludes halogenated alkanes) is 1. The van der Waals surface area contributed by atoms with Gasteiger partial charge in [0.1, 0.15) is 0 Å². The number of carbonyl (C=O) groups is 1. The molecule has 0 N–H and O–H groups in total. The lowest BCUT2D eigenvalue weighted by atomic mass is 9.65. The molecule has 1 nitrogen and oxygen atoms in total. The van der Waals surface area contributed by atoms with Crippen molar-refractivity contribution < 1.29 is 4.79 Å².